The standard InChI is InChI=1S/C28H27N5O2/c1-28(23-14-8-4-9-15-23)26(34)32(27(35)29-28)20-31(2)18-22-19-33(24-16-10-5-11-17-24)30-25(22)21-12-6-3-7-13-21/h3-17,19H,18,20H2,1-2H3,(H,29,35). The highest BCUT2D eigenvalue weighted by atomic mass is 16.2. The quantitative estimate of drug-likeness (QED) is 0.411. The van der Waals surface area contributed by atoms with Crippen LogP contribution in [-0.4, -0.2) is 45.2 Å². The zero-order chi connectivity index (χ0) is 24.4. The van der Waals surface area contributed by atoms with E-state index in [9.17, 15) is 9.59 Å². The molecule has 1 aliphatic rings. The fourth-order valence-corrected chi connectivity index (χ4v) is 4.45. The average Bonchev–Trinajstić information content (AvgIpc) is 3.40. The number of hydrogen-bond donors (Lipinski definition) is 1. The van der Waals surface area contributed by atoms with Gasteiger partial charge < -0.3 is 5.32 Å². The predicted molar refractivity (Wildman–Crippen MR) is 135 cm³/mol. The monoisotopic (exact) mass is 465 g/mol. The Bertz CT molecular complexity index is 1340. The minimum Gasteiger partial charge on any atom is -0.319 e. The maximum absolute atomic E-state index is 13.3. The van der Waals surface area contributed by atoms with E-state index in [4.69, 9.17) is 5.10 Å². The Balaban J connectivity index is 1.39. The first-order valence-corrected chi connectivity index (χ1v) is 11.5. The number of carbonyl (C=O) groups is 2. The third-order valence-corrected chi connectivity index (χ3v) is 6.31. The van der Waals surface area contributed by atoms with E-state index < -0.39 is 11.6 Å². The number of nitrogens with one attached hydrogen (secondary N) is 1. The maximum Gasteiger partial charge on any atom is 0.326 e. The van der Waals surface area contributed by atoms with Crippen LogP contribution < -0.4 is 5.32 Å². The molecule has 0 saturated carbocycles. The molecule has 1 aromatic heterocycles. The van der Waals surface area contributed by atoms with Crippen molar-refractivity contribution < 1.29 is 9.59 Å². The van der Waals surface area contributed by atoms with Gasteiger partial charge in [-0.05, 0) is 31.7 Å². The number of urea groups is 1. The van der Waals surface area contributed by atoms with E-state index in [1.54, 1.807) is 6.92 Å². The molecule has 0 bridgehead atoms. The summed E-state index contributed by atoms with van der Waals surface area (Å²) in [5.41, 5.74) is 3.53. The van der Waals surface area contributed by atoms with Crippen molar-refractivity contribution in [2.24, 2.45) is 0 Å². The van der Waals surface area contributed by atoms with Crippen LogP contribution in [0.5, 0.6) is 0 Å². The zero-order valence-electron chi connectivity index (χ0n) is 19.8. The van der Waals surface area contributed by atoms with E-state index >= 15 is 0 Å². The number of amides is 3. The summed E-state index contributed by atoms with van der Waals surface area (Å²) in [5.74, 6) is -0.260. The second-order valence-electron chi connectivity index (χ2n) is 8.96. The first-order valence-electron chi connectivity index (χ1n) is 11.5. The summed E-state index contributed by atoms with van der Waals surface area (Å²) in [6.45, 7) is 2.42. The van der Waals surface area contributed by atoms with Gasteiger partial charge in [0.1, 0.15) is 5.54 Å². The average molecular weight is 466 g/mol. The Morgan fingerprint density at radius 2 is 1.49 bits per heavy atom. The van der Waals surface area contributed by atoms with Gasteiger partial charge in [-0.25, -0.2) is 14.4 Å². The number of aromatic nitrogens is 2. The fraction of sp³-hybridized carbons (Fsp3) is 0.179. The van der Waals surface area contributed by atoms with E-state index in [1.165, 1.54) is 4.90 Å². The lowest BCUT2D eigenvalue weighted by molar-refractivity contribution is -0.132. The number of carbonyl (C=O) groups excluding carboxylic acids is 2. The van der Waals surface area contributed by atoms with E-state index in [-0.39, 0.29) is 12.6 Å². The molecule has 0 spiro atoms. The fourth-order valence-electron chi connectivity index (χ4n) is 4.45. The first kappa shape index (κ1) is 22.6. The molecule has 7 heteroatoms. The molecule has 5 rings (SSSR count). The molecule has 1 N–H and O–H groups in total. The van der Waals surface area contributed by atoms with Gasteiger partial charge in [-0.1, -0.05) is 78.9 Å². The van der Waals surface area contributed by atoms with Crippen LogP contribution in [0.25, 0.3) is 16.9 Å². The molecule has 2 heterocycles. The molecule has 176 valence electrons. The summed E-state index contributed by atoms with van der Waals surface area (Å²) in [6.07, 6.45) is 2.01. The summed E-state index contributed by atoms with van der Waals surface area (Å²) >= 11 is 0. The molecule has 4 aromatic rings. The predicted octanol–water partition coefficient (Wildman–Crippen LogP) is 4.40. The summed E-state index contributed by atoms with van der Waals surface area (Å²) in [4.78, 5) is 29.3. The maximum atomic E-state index is 13.3. The second kappa shape index (κ2) is 9.19. The molecule has 7 nitrogen and oxygen atoms in total. The van der Waals surface area contributed by atoms with Crippen LogP contribution in [0, 0.1) is 0 Å². The lowest BCUT2D eigenvalue weighted by atomic mass is 9.92. The van der Waals surface area contributed by atoms with Crippen LogP contribution >= 0.6 is 0 Å². The third-order valence-electron chi connectivity index (χ3n) is 6.31. The van der Waals surface area contributed by atoms with Crippen molar-refractivity contribution in [2.75, 3.05) is 13.7 Å². The Morgan fingerprint density at radius 1 is 0.886 bits per heavy atom. The molecular formula is C28H27N5O2. The number of rotatable bonds is 7. The van der Waals surface area contributed by atoms with Crippen LogP contribution in [0.2, 0.25) is 0 Å². The molecule has 1 saturated heterocycles. The first-order chi connectivity index (χ1) is 17.0. The van der Waals surface area contributed by atoms with Gasteiger partial charge in [-0.3, -0.25) is 9.69 Å². The van der Waals surface area contributed by atoms with Crippen LogP contribution in [0.3, 0.4) is 0 Å². The Labute approximate surface area is 204 Å². The number of benzene rings is 3. The van der Waals surface area contributed by atoms with Gasteiger partial charge in [0, 0.05) is 23.9 Å². The molecule has 0 radical (unpaired) electrons. The minimum atomic E-state index is -1.08. The van der Waals surface area contributed by atoms with Crippen LogP contribution in [0.15, 0.2) is 97.2 Å². The summed E-state index contributed by atoms with van der Waals surface area (Å²) in [6, 6.07) is 28.9. The largest absolute Gasteiger partial charge is 0.326 e. The Morgan fingerprint density at radius 3 is 2.14 bits per heavy atom. The molecule has 3 aromatic carbocycles. The normalized spacial score (nSPS) is 17.7. The lowest BCUT2D eigenvalue weighted by Gasteiger charge is -2.24. The number of hydrogen-bond acceptors (Lipinski definition) is 4. The van der Waals surface area contributed by atoms with Crippen molar-refractivity contribution in [3.63, 3.8) is 0 Å². The van der Waals surface area contributed by atoms with E-state index in [0.717, 1.165) is 28.1 Å². The highest BCUT2D eigenvalue weighted by Gasteiger charge is 2.49. The van der Waals surface area contributed by atoms with Gasteiger partial charge >= 0.3 is 6.03 Å². The molecule has 0 aliphatic carbocycles. The second-order valence-corrected chi connectivity index (χ2v) is 8.96. The number of nitrogens with zero attached hydrogens (tertiary/aromatic N) is 4. The number of para-hydroxylation sites is 1. The molecule has 3 amide bonds. The van der Waals surface area contributed by atoms with Gasteiger partial charge in [0.25, 0.3) is 5.91 Å². The van der Waals surface area contributed by atoms with Gasteiger partial charge in [0.2, 0.25) is 0 Å². The summed E-state index contributed by atoms with van der Waals surface area (Å²) in [5, 5.41) is 7.73. The van der Waals surface area contributed by atoms with E-state index in [1.807, 2.05) is 114 Å². The molecule has 1 aliphatic heterocycles. The van der Waals surface area contributed by atoms with Gasteiger partial charge in [0.15, 0.2) is 0 Å². The molecule has 1 fully saturated rings. The highest BCUT2D eigenvalue weighted by molar-refractivity contribution is 6.07. The topological polar surface area (TPSA) is 70.5 Å². The molecule has 1 unspecified atom stereocenters. The lowest BCUT2D eigenvalue weighted by Crippen LogP contribution is -2.42. The highest BCUT2D eigenvalue weighted by Crippen LogP contribution is 2.29. The van der Waals surface area contributed by atoms with E-state index in [2.05, 4.69) is 5.32 Å². The molecule has 35 heavy (non-hydrogen) atoms. The van der Waals surface area contributed by atoms with Crippen LogP contribution in [-0.2, 0) is 16.9 Å². The molecule has 1 atom stereocenters. The van der Waals surface area contributed by atoms with Crippen LogP contribution in [0.4, 0.5) is 4.79 Å². The van der Waals surface area contributed by atoms with Gasteiger partial charge in [0.05, 0.1) is 18.1 Å². The third kappa shape index (κ3) is 4.34. The smallest absolute Gasteiger partial charge is 0.319 e. The van der Waals surface area contributed by atoms with Crippen molar-refractivity contribution in [2.45, 2.75) is 19.0 Å². The van der Waals surface area contributed by atoms with Crippen LogP contribution in [0.1, 0.15) is 18.1 Å². The Hall–Kier alpha value is -4.23. The van der Waals surface area contributed by atoms with Crippen molar-refractivity contribution in [1.82, 2.24) is 24.9 Å². The number of imide groups is 1. The van der Waals surface area contributed by atoms with Crippen molar-refractivity contribution >= 4 is 11.9 Å². The minimum absolute atomic E-state index is 0.165. The summed E-state index contributed by atoms with van der Waals surface area (Å²) in [7, 11) is 1.90. The van der Waals surface area contributed by atoms with E-state index in [0.29, 0.717) is 6.54 Å². The van der Waals surface area contributed by atoms with Gasteiger partial charge in [-0.15, -0.1) is 0 Å². The zero-order valence-corrected chi connectivity index (χ0v) is 19.8. The Kier molecular flexibility index (Phi) is 5.93. The van der Waals surface area contributed by atoms with Crippen molar-refractivity contribution in [1.29, 1.82) is 0 Å². The van der Waals surface area contributed by atoms with Crippen molar-refractivity contribution in [3.05, 3.63) is 108 Å². The SMILES string of the molecule is CN(Cc1cn(-c2ccccc2)nc1-c1ccccc1)CN1C(=O)NC(C)(c2ccccc2)C1=O. The van der Waals surface area contributed by atoms with Gasteiger partial charge in [-0.2, -0.15) is 5.10 Å². The summed E-state index contributed by atoms with van der Waals surface area (Å²) < 4.78 is 1.87. The van der Waals surface area contributed by atoms with Crippen molar-refractivity contribution in [3.8, 4) is 16.9 Å². The molecular weight excluding hydrogens is 438 g/mol.